The van der Waals surface area contributed by atoms with Gasteiger partial charge in [0.2, 0.25) is 17.7 Å². The third kappa shape index (κ3) is 6.83. The minimum absolute atomic E-state index is 0.121. The summed E-state index contributed by atoms with van der Waals surface area (Å²) in [5.41, 5.74) is 4.83. The Kier molecular flexibility index (Phi) is 9.32. The number of carbonyl (C=O) groups excluding carboxylic acids is 3. The molecule has 0 spiro atoms. The third-order valence-corrected chi connectivity index (χ3v) is 7.17. The number of benzene rings is 2. The van der Waals surface area contributed by atoms with Gasteiger partial charge in [-0.2, -0.15) is 0 Å². The number of para-hydroxylation sites is 1. The molecule has 1 aliphatic rings. The summed E-state index contributed by atoms with van der Waals surface area (Å²) >= 11 is 0. The number of carboxylic acids is 1. The Morgan fingerprint density at radius 2 is 1.64 bits per heavy atom. The second-order valence-electron chi connectivity index (χ2n) is 9.84. The highest BCUT2D eigenvalue weighted by Gasteiger charge is 2.39. The average Bonchev–Trinajstić information content (AvgIpc) is 3.32. The number of H-pyrrole nitrogens is 1. The Labute approximate surface area is 226 Å². The number of hydrogen-bond acceptors (Lipinski definition) is 5. The van der Waals surface area contributed by atoms with Crippen LogP contribution in [0.2, 0.25) is 0 Å². The summed E-state index contributed by atoms with van der Waals surface area (Å²) in [4.78, 5) is 55.2. The average molecular weight is 535 g/mol. The van der Waals surface area contributed by atoms with Gasteiger partial charge in [0.05, 0.1) is 5.69 Å². The van der Waals surface area contributed by atoms with E-state index in [1.165, 1.54) is 0 Å². The van der Waals surface area contributed by atoms with Crippen molar-refractivity contribution in [3.8, 4) is 0 Å². The molecule has 10 nitrogen and oxygen atoms in total. The summed E-state index contributed by atoms with van der Waals surface area (Å²) in [7, 11) is 0. The van der Waals surface area contributed by atoms with Crippen molar-refractivity contribution in [1.29, 1.82) is 0 Å². The number of hydrogen-bond donors (Lipinski definition) is 5. The fourth-order valence-electron chi connectivity index (χ4n) is 5.20. The Morgan fingerprint density at radius 3 is 2.36 bits per heavy atom. The van der Waals surface area contributed by atoms with Crippen LogP contribution in [0.25, 0.3) is 10.9 Å². The standard InChI is InChI=1S/C29H34N4O6/c34-24(32-39)14-6-1-2-7-15-25(35)33-17-16-21-20-12-8-9-13-22(20)30-26(21)27(33)28(36)31-23(29(37)38)18-19-10-4-3-5-11-19/h3-5,8-13,23,27,30,39H,1-2,6-7,14-18H2,(H,31,36)(H,32,34)(H,37,38)/t23?,27-/m0/s1. The predicted molar refractivity (Wildman–Crippen MR) is 144 cm³/mol. The van der Waals surface area contributed by atoms with Crippen LogP contribution in [0.4, 0.5) is 0 Å². The van der Waals surface area contributed by atoms with Gasteiger partial charge in [-0.15, -0.1) is 0 Å². The fourth-order valence-corrected chi connectivity index (χ4v) is 5.20. The van der Waals surface area contributed by atoms with Crippen molar-refractivity contribution in [1.82, 2.24) is 20.7 Å². The fraction of sp³-hybridized carbons (Fsp3) is 0.379. The van der Waals surface area contributed by atoms with Gasteiger partial charge in [-0.3, -0.25) is 19.6 Å². The van der Waals surface area contributed by atoms with E-state index < -0.39 is 29.9 Å². The minimum atomic E-state index is -1.15. The first-order chi connectivity index (χ1) is 18.9. The van der Waals surface area contributed by atoms with E-state index in [9.17, 15) is 24.3 Å². The van der Waals surface area contributed by atoms with Crippen molar-refractivity contribution >= 4 is 34.6 Å². The van der Waals surface area contributed by atoms with Crippen molar-refractivity contribution < 1.29 is 29.5 Å². The van der Waals surface area contributed by atoms with Crippen LogP contribution < -0.4 is 10.8 Å². The number of fused-ring (bicyclic) bond motifs is 3. The van der Waals surface area contributed by atoms with Crippen LogP contribution in [-0.4, -0.2) is 56.5 Å². The summed E-state index contributed by atoms with van der Waals surface area (Å²) in [6.07, 6.45) is 3.81. The van der Waals surface area contributed by atoms with Gasteiger partial charge in [-0.25, -0.2) is 10.3 Å². The first-order valence-electron chi connectivity index (χ1n) is 13.3. The van der Waals surface area contributed by atoms with E-state index in [2.05, 4.69) is 10.3 Å². The highest BCUT2D eigenvalue weighted by Crippen LogP contribution is 2.35. The van der Waals surface area contributed by atoms with Gasteiger partial charge in [-0.1, -0.05) is 61.4 Å². The maximum atomic E-state index is 13.7. The quantitative estimate of drug-likeness (QED) is 0.137. The zero-order chi connectivity index (χ0) is 27.8. The van der Waals surface area contributed by atoms with Crippen molar-refractivity contribution in [2.24, 2.45) is 0 Å². The minimum Gasteiger partial charge on any atom is -0.480 e. The Balaban J connectivity index is 1.51. The van der Waals surface area contributed by atoms with Crippen LogP contribution >= 0.6 is 0 Å². The number of aromatic nitrogens is 1. The van der Waals surface area contributed by atoms with Crippen LogP contribution in [0.1, 0.15) is 61.4 Å². The van der Waals surface area contributed by atoms with Crippen LogP contribution in [0, 0.1) is 0 Å². The zero-order valence-electron chi connectivity index (χ0n) is 21.7. The van der Waals surface area contributed by atoms with Gasteiger partial charge >= 0.3 is 5.97 Å². The SMILES string of the molecule is O=C(CCCCCCC(=O)N1CCc2c([nH]c3ccccc23)[C@H]1C(=O)NC(Cc1ccccc1)C(=O)O)NO. The molecular formula is C29H34N4O6. The van der Waals surface area contributed by atoms with Crippen LogP contribution in [0.3, 0.4) is 0 Å². The second-order valence-corrected chi connectivity index (χ2v) is 9.84. The maximum absolute atomic E-state index is 13.7. The molecule has 1 aromatic heterocycles. The normalized spacial score (nSPS) is 15.4. The summed E-state index contributed by atoms with van der Waals surface area (Å²) < 4.78 is 0. The molecule has 2 heterocycles. The Bertz CT molecular complexity index is 1320. The molecule has 0 radical (unpaired) electrons. The molecule has 3 aromatic rings. The molecule has 3 amide bonds. The molecule has 10 heteroatoms. The maximum Gasteiger partial charge on any atom is 0.326 e. The Morgan fingerprint density at radius 1 is 0.949 bits per heavy atom. The summed E-state index contributed by atoms with van der Waals surface area (Å²) in [6.45, 7) is 0.346. The summed E-state index contributed by atoms with van der Waals surface area (Å²) in [5, 5.41) is 22.1. The summed E-state index contributed by atoms with van der Waals surface area (Å²) in [5.74, 6) is -2.29. The summed E-state index contributed by atoms with van der Waals surface area (Å²) in [6, 6.07) is 14.7. The number of unbranched alkanes of at least 4 members (excludes halogenated alkanes) is 3. The lowest BCUT2D eigenvalue weighted by Crippen LogP contribution is -2.51. The molecule has 0 aliphatic carbocycles. The van der Waals surface area contributed by atoms with E-state index in [1.807, 2.05) is 54.6 Å². The predicted octanol–water partition coefficient (Wildman–Crippen LogP) is 3.25. The number of rotatable bonds is 12. The number of amides is 3. The molecule has 2 aromatic carbocycles. The number of nitrogens with one attached hydrogen (secondary N) is 3. The second kappa shape index (κ2) is 13.1. The molecule has 39 heavy (non-hydrogen) atoms. The van der Waals surface area contributed by atoms with Crippen molar-refractivity contribution in [3.63, 3.8) is 0 Å². The number of aromatic amines is 1. The number of hydroxylamine groups is 1. The first kappa shape index (κ1) is 27.8. The lowest BCUT2D eigenvalue weighted by atomic mass is 9.95. The zero-order valence-corrected chi connectivity index (χ0v) is 21.7. The van der Waals surface area contributed by atoms with Crippen molar-refractivity contribution in [2.45, 2.75) is 63.5 Å². The first-order valence-corrected chi connectivity index (χ1v) is 13.3. The molecule has 206 valence electrons. The van der Waals surface area contributed by atoms with Crippen molar-refractivity contribution in [3.05, 3.63) is 71.4 Å². The van der Waals surface area contributed by atoms with E-state index in [0.29, 0.717) is 31.5 Å². The Hall–Kier alpha value is -4.18. The van der Waals surface area contributed by atoms with Gasteiger partial charge < -0.3 is 20.3 Å². The number of aliphatic carboxylic acids is 1. The molecule has 1 aliphatic heterocycles. The van der Waals surface area contributed by atoms with E-state index in [0.717, 1.165) is 34.9 Å². The lowest BCUT2D eigenvalue weighted by molar-refractivity contribution is -0.145. The van der Waals surface area contributed by atoms with Gasteiger partial charge in [0.25, 0.3) is 0 Å². The monoisotopic (exact) mass is 534 g/mol. The van der Waals surface area contributed by atoms with E-state index >= 15 is 0 Å². The van der Waals surface area contributed by atoms with Crippen LogP contribution in [0.15, 0.2) is 54.6 Å². The van der Waals surface area contributed by atoms with Gasteiger partial charge in [0.1, 0.15) is 6.04 Å². The highest BCUT2D eigenvalue weighted by molar-refractivity contribution is 5.95. The molecule has 0 bridgehead atoms. The topological polar surface area (TPSA) is 152 Å². The molecule has 0 saturated heterocycles. The molecule has 2 atom stereocenters. The smallest absolute Gasteiger partial charge is 0.326 e. The number of carboxylic acid groups (broad SMARTS) is 1. The number of carbonyl (C=O) groups is 4. The molecule has 4 rings (SSSR count). The van der Waals surface area contributed by atoms with Gasteiger partial charge in [0, 0.05) is 36.7 Å². The van der Waals surface area contributed by atoms with Crippen LogP contribution in [-0.2, 0) is 32.0 Å². The van der Waals surface area contributed by atoms with Gasteiger partial charge in [0.15, 0.2) is 6.04 Å². The largest absolute Gasteiger partial charge is 0.480 e. The molecule has 0 fully saturated rings. The molecular weight excluding hydrogens is 500 g/mol. The van der Waals surface area contributed by atoms with E-state index in [1.54, 1.807) is 10.4 Å². The molecule has 5 N–H and O–H groups in total. The van der Waals surface area contributed by atoms with Gasteiger partial charge in [-0.05, 0) is 36.5 Å². The molecule has 0 saturated carbocycles. The highest BCUT2D eigenvalue weighted by atomic mass is 16.5. The third-order valence-electron chi connectivity index (χ3n) is 7.17. The van der Waals surface area contributed by atoms with Crippen molar-refractivity contribution in [2.75, 3.05) is 6.54 Å². The molecule has 1 unspecified atom stereocenters. The van der Waals surface area contributed by atoms with E-state index in [4.69, 9.17) is 5.21 Å². The number of nitrogens with zero attached hydrogens (tertiary/aromatic N) is 1. The lowest BCUT2D eigenvalue weighted by Gasteiger charge is -2.35. The van der Waals surface area contributed by atoms with Crippen LogP contribution in [0.5, 0.6) is 0 Å². The van der Waals surface area contributed by atoms with E-state index in [-0.39, 0.29) is 25.2 Å².